The van der Waals surface area contributed by atoms with Gasteiger partial charge in [0.25, 0.3) is 0 Å². The first kappa shape index (κ1) is 12.5. The van der Waals surface area contributed by atoms with Crippen molar-refractivity contribution in [2.45, 2.75) is 19.4 Å². The van der Waals surface area contributed by atoms with Crippen LogP contribution < -0.4 is 10.6 Å². The summed E-state index contributed by atoms with van der Waals surface area (Å²) < 4.78 is 13.2. The van der Waals surface area contributed by atoms with E-state index in [1.807, 2.05) is 11.8 Å². The van der Waals surface area contributed by atoms with E-state index in [1.54, 1.807) is 6.07 Å². The minimum absolute atomic E-state index is 0.0768. The molecule has 1 aromatic rings. The van der Waals surface area contributed by atoms with Gasteiger partial charge in [0, 0.05) is 19.2 Å². The third-order valence-corrected chi connectivity index (χ3v) is 3.56. The monoisotopic (exact) mass is 258 g/mol. The largest absolute Gasteiger partial charge is 0.397 e. The van der Waals surface area contributed by atoms with E-state index >= 15 is 0 Å². The van der Waals surface area contributed by atoms with Gasteiger partial charge in [-0.15, -0.1) is 0 Å². The summed E-state index contributed by atoms with van der Waals surface area (Å²) in [6, 6.07) is 2.80. The summed E-state index contributed by atoms with van der Waals surface area (Å²) >= 11 is 5.76. The van der Waals surface area contributed by atoms with E-state index in [0.717, 1.165) is 5.69 Å². The minimum atomic E-state index is -0.502. The van der Waals surface area contributed by atoms with Crippen LogP contribution in [0.3, 0.4) is 0 Å². The molecule has 3 N–H and O–H groups in total. The predicted molar refractivity (Wildman–Crippen MR) is 67.8 cm³/mol. The van der Waals surface area contributed by atoms with Crippen LogP contribution in [0.2, 0.25) is 5.02 Å². The molecule has 3 nitrogen and oxygen atoms in total. The smallest absolute Gasteiger partial charge is 0.143 e. The highest BCUT2D eigenvalue weighted by Crippen LogP contribution is 2.32. The standard InChI is InChI=1S/C12H16ClFN2O/c1-7-6-16(3-2-12(7)17)11-4-8(13)9(14)5-10(11)15/h4-5,7,12,17H,2-3,6,15H2,1H3. The van der Waals surface area contributed by atoms with Gasteiger partial charge in [-0.05, 0) is 18.4 Å². The lowest BCUT2D eigenvalue weighted by Crippen LogP contribution is -2.42. The lowest BCUT2D eigenvalue weighted by atomic mass is 9.96. The number of piperidine rings is 1. The van der Waals surface area contributed by atoms with Gasteiger partial charge < -0.3 is 15.7 Å². The zero-order valence-corrected chi connectivity index (χ0v) is 10.4. The number of aliphatic hydroxyl groups excluding tert-OH is 1. The molecule has 1 fully saturated rings. The second-order valence-corrected chi connectivity index (χ2v) is 5.01. The summed E-state index contributed by atoms with van der Waals surface area (Å²) in [6.45, 7) is 3.39. The highest BCUT2D eigenvalue weighted by atomic mass is 35.5. The molecule has 0 aromatic heterocycles. The number of nitrogens with two attached hydrogens (primary N) is 1. The molecule has 0 spiro atoms. The van der Waals surface area contributed by atoms with Crippen LogP contribution in [-0.2, 0) is 0 Å². The molecule has 2 rings (SSSR count). The topological polar surface area (TPSA) is 49.5 Å². The molecule has 0 bridgehead atoms. The molecule has 0 amide bonds. The van der Waals surface area contributed by atoms with Crippen LogP contribution in [-0.4, -0.2) is 24.3 Å². The summed E-state index contributed by atoms with van der Waals surface area (Å²) in [4.78, 5) is 2.04. The molecule has 1 aliphatic heterocycles. The van der Waals surface area contributed by atoms with Gasteiger partial charge in [-0.1, -0.05) is 18.5 Å². The second kappa shape index (κ2) is 4.70. The van der Waals surface area contributed by atoms with Crippen molar-refractivity contribution in [3.05, 3.63) is 23.0 Å². The average molecular weight is 259 g/mol. The van der Waals surface area contributed by atoms with Crippen molar-refractivity contribution < 1.29 is 9.50 Å². The predicted octanol–water partition coefficient (Wildman–Crippen LogP) is 2.27. The quantitative estimate of drug-likeness (QED) is 0.760. The van der Waals surface area contributed by atoms with E-state index in [1.165, 1.54) is 6.07 Å². The van der Waals surface area contributed by atoms with Gasteiger partial charge in [-0.2, -0.15) is 0 Å². The Morgan fingerprint density at radius 2 is 2.24 bits per heavy atom. The molecule has 0 radical (unpaired) electrons. The van der Waals surface area contributed by atoms with Crippen LogP contribution in [0.25, 0.3) is 0 Å². The van der Waals surface area contributed by atoms with Crippen LogP contribution in [0.15, 0.2) is 12.1 Å². The average Bonchev–Trinajstić information content (AvgIpc) is 2.27. The number of hydrogen-bond donors (Lipinski definition) is 2. The molecule has 0 saturated carbocycles. The lowest BCUT2D eigenvalue weighted by Gasteiger charge is -2.36. The van der Waals surface area contributed by atoms with Crippen molar-refractivity contribution >= 4 is 23.0 Å². The number of hydrogen-bond acceptors (Lipinski definition) is 3. The Labute approximate surface area is 105 Å². The fourth-order valence-electron chi connectivity index (χ4n) is 2.18. The van der Waals surface area contributed by atoms with Gasteiger partial charge in [0.15, 0.2) is 0 Å². The first-order valence-electron chi connectivity index (χ1n) is 5.66. The van der Waals surface area contributed by atoms with Crippen molar-refractivity contribution in [2.75, 3.05) is 23.7 Å². The Morgan fingerprint density at radius 3 is 2.88 bits per heavy atom. The number of nitrogen functional groups attached to an aromatic ring is 1. The maximum atomic E-state index is 13.2. The van der Waals surface area contributed by atoms with Gasteiger partial charge in [0.2, 0.25) is 0 Å². The van der Waals surface area contributed by atoms with Crippen molar-refractivity contribution in [1.29, 1.82) is 0 Å². The second-order valence-electron chi connectivity index (χ2n) is 4.60. The number of rotatable bonds is 1. The Bertz CT molecular complexity index is 427. The first-order valence-corrected chi connectivity index (χ1v) is 6.04. The molecular formula is C12H16ClFN2O. The zero-order chi connectivity index (χ0) is 12.6. The van der Waals surface area contributed by atoms with Crippen molar-refractivity contribution in [2.24, 2.45) is 5.92 Å². The fourth-order valence-corrected chi connectivity index (χ4v) is 2.34. The summed E-state index contributed by atoms with van der Waals surface area (Å²) in [6.07, 6.45) is 0.415. The van der Waals surface area contributed by atoms with E-state index in [9.17, 15) is 9.50 Å². The summed E-state index contributed by atoms with van der Waals surface area (Å²) in [5, 5.41) is 9.74. The van der Waals surface area contributed by atoms with Crippen molar-refractivity contribution in [1.82, 2.24) is 0 Å². The molecule has 17 heavy (non-hydrogen) atoms. The summed E-state index contributed by atoms with van der Waals surface area (Å²) in [7, 11) is 0. The third kappa shape index (κ3) is 2.48. The molecule has 1 aliphatic rings. The van der Waals surface area contributed by atoms with E-state index in [0.29, 0.717) is 25.2 Å². The fraction of sp³-hybridized carbons (Fsp3) is 0.500. The van der Waals surface area contributed by atoms with Crippen LogP contribution >= 0.6 is 11.6 Å². The molecule has 5 heteroatoms. The molecule has 1 heterocycles. The van der Waals surface area contributed by atoms with E-state index in [2.05, 4.69) is 0 Å². The summed E-state index contributed by atoms with van der Waals surface area (Å²) in [5.41, 5.74) is 6.93. The minimum Gasteiger partial charge on any atom is -0.397 e. The normalized spacial score (nSPS) is 25.1. The number of halogens is 2. The maximum Gasteiger partial charge on any atom is 0.143 e. The highest BCUT2D eigenvalue weighted by molar-refractivity contribution is 6.31. The van der Waals surface area contributed by atoms with E-state index < -0.39 is 5.82 Å². The highest BCUT2D eigenvalue weighted by Gasteiger charge is 2.25. The summed E-state index contributed by atoms with van der Waals surface area (Å²) in [5.74, 6) is -0.329. The SMILES string of the molecule is CC1CN(c2cc(Cl)c(F)cc2N)CCC1O. The Balaban J connectivity index is 2.26. The number of nitrogens with zero attached hydrogens (tertiary/aromatic N) is 1. The Morgan fingerprint density at radius 1 is 1.53 bits per heavy atom. The van der Waals surface area contributed by atoms with E-state index in [4.69, 9.17) is 17.3 Å². The molecular weight excluding hydrogens is 243 g/mol. The van der Waals surface area contributed by atoms with Crippen LogP contribution in [0, 0.1) is 11.7 Å². The Hall–Kier alpha value is -1.00. The van der Waals surface area contributed by atoms with Crippen molar-refractivity contribution in [3.63, 3.8) is 0 Å². The Kier molecular flexibility index (Phi) is 3.45. The maximum absolute atomic E-state index is 13.2. The number of anilines is 2. The van der Waals surface area contributed by atoms with Gasteiger partial charge in [0.05, 0.1) is 22.5 Å². The molecule has 1 saturated heterocycles. The van der Waals surface area contributed by atoms with E-state index in [-0.39, 0.29) is 17.0 Å². The van der Waals surface area contributed by atoms with Gasteiger partial charge >= 0.3 is 0 Å². The third-order valence-electron chi connectivity index (χ3n) is 3.27. The first-order chi connectivity index (χ1) is 7.99. The number of benzene rings is 1. The van der Waals surface area contributed by atoms with Crippen LogP contribution in [0.1, 0.15) is 13.3 Å². The zero-order valence-electron chi connectivity index (χ0n) is 9.66. The lowest BCUT2D eigenvalue weighted by molar-refractivity contribution is 0.0971. The molecule has 2 atom stereocenters. The van der Waals surface area contributed by atoms with Gasteiger partial charge in [-0.25, -0.2) is 4.39 Å². The molecule has 1 aromatic carbocycles. The molecule has 94 valence electrons. The van der Waals surface area contributed by atoms with Crippen LogP contribution in [0.4, 0.5) is 15.8 Å². The molecule has 2 unspecified atom stereocenters. The molecule has 0 aliphatic carbocycles. The van der Waals surface area contributed by atoms with Gasteiger partial charge in [-0.3, -0.25) is 0 Å². The number of aliphatic hydroxyl groups is 1. The van der Waals surface area contributed by atoms with Crippen LogP contribution in [0.5, 0.6) is 0 Å². The van der Waals surface area contributed by atoms with Crippen molar-refractivity contribution in [3.8, 4) is 0 Å². The van der Waals surface area contributed by atoms with Gasteiger partial charge in [0.1, 0.15) is 5.82 Å².